The van der Waals surface area contributed by atoms with Gasteiger partial charge in [0, 0.05) is 30.6 Å². The highest BCUT2D eigenvalue weighted by atomic mass is 16.5. The molecule has 0 aliphatic carbocycles. The van der Waals surface area contributed by atoms with E-state index in [0.29, 0.717) is 37.4 Å². The van der Waals surface area contributed by atoms with Crippen LogP contribution in [0.15, 0.2) is 42.6 Å². The molecule has 2 aromatic carbocycles. The van der Waals surface area contributed by atoms with Crippen LogP contribution in [0.5, 0.6) is 0 Å². The minimum atomic E-state index is -0.179. The summed E-state index contributed by atoms with van der Waals surface area (Å²) in [7, 11) is 0. The van der Waals surface area contributed by atoms with Gasteiger partial charge in [0.05, 0.1) is 30.0 Å². The molecule has 0 radical (unpaired) electrons. The van der Waals surface area contributed by atoms with Gasteiger partial charge in [-0.25, -0.2) is 0 Å². The lowest BCUT2D eigenvalue weighted by Crippen LogP contribution is -2.44. The summed E-state index contributed by atoms with van der Waals surface area (Å²) in [5.41, 5.74) is 3.78. The van der Waals surface area contributed by atoms with Gasteiger partial charge in [-0.15, -0.1) is 0 Å². The minimum Gasteiger partial charge on any atom is -0.375 e. The standard InChI is InChI=1S/C22H24N4O3/c1-14-8-18-12-24-25-20(18)19(9-14)21(27)23-11-16-4-3-5-17(10-16)22(28)26-6-7-29-15(2)13-26/h3-5,8-10,12,15H,6-7,11,13H2,1-2H3,(H,23,27)(H,24,25). The van der Waals surface area contributed by atoms with Crippen molar-refractivity contribution in [2.45, 2.75) is 26.5 Å². The van der Waals surface area contributed by atoms with Gasteiger partial charge >= 0.3 is 0 Å². The quantitative estimate of drug-likeness (QED) is 0.715. The number of carbonyl (C=O) groups is 2. The molecule has 1 aromatic heterocycles. The summed E-state index contributed by atoms with van der Waals surface area (Å²) in [6, 6.07) is 11.2. The second kappa shape index (κ2) is 8.05. The molecule has 4 rings (SSSR count). The smallest absolute Gasteiger partial charge is 0.254 e. The highest BCUT2D eigenvalue weighted by Gasteiger charge is 2.22. The number of fused-ring (bicyclic) bond motifs is 1. The molecule has 1 fully saturated rings. The summed E-state index contributed by atoms with van der Waals surface area (Å²) in [6.07, 6.45) is 1.75. The van der Waals surface area contributed by atoms with Crippen molar-refractivity contribution in [2.75, 3.05) is 19.7 Å². The molecule has 2 heterocycles. The van der Waals surface area contributed by atoms with Crippen LogP contribution >= 0.6 is 0 Å². The van der Waals surface area contributed by atoms with Crippen LogP contribution in [0.2, 0.25) is 0 Å². The van der Waals surface area contributed by atoms with Gasteiger partial charge in [0.25, 0.3) is 11.8 Å². The molecule has 1 unspecified atom stereocenters. The van der Waals surface area contributed by atoms with Crippen molar-refractivity contribution in [2.24, 2.45) is 0 Å². The lowest BCUT2D eigenvalue weighted by Gasteiger charge is -2.31. The van der Waals surface area contributed by atoms with Crippen molar-refractivity contribution in [3.05, 3.63) is 64.8 Å². The highest BCUT2D eigenvalue weighted by molar-refractivity contribution is 6.05. The van der Waals surface area contributed by atoms with Crippen LogP contribution in [0.3, 0.4) is 0 Å². The van der Waals surface area contributed by atoms with Crippen LogP contribution in [-0.4, -0.2) is 52.7 Å². The average molecular weight is 392 g/mol. The van der Waals surface area contributed by atoms with Gasteiger partial charge in [0.1, 0.15) is 0 Å². The molecule has 0 saturated carbocycles. The van der Waals surface area contributed by atoms with E-state index in [-0.39, 0.29) is 17.9 Å². The Kier molecular flexibility index (Phi) is 5.31. The van der Waals surface area contributed by atoms with Crippen molar-refractivity contribution in [3.8, 4) is 0 Å². The summed E-state index contributed by atoms with van der Waals surface area (Å²) >= 11 is 0. The van der Waals surface area contributed by atoms with E-state index in [1.165, 1.54) is 0 Å². The fourth-order valence-corrected chi connectivity index (χ4v) is 3.66. The van der Waals surface area contributed by atoms with E-state index in [2.05, 4.69) is 15.5 Å². The maximum absolute atomic E-state index is 12.8. The second-order valence-corrected chi connectivity index (χ2v) is 7.46. The predicted molar refractivity (Wildman–Crippen MR) is 110 cm³/mol. The zero-order valence-electron chi connectivity index (χ0n) is 16.6. The second-order valence-electron chi connectivity index (χ2n) is 7.46. The van der Waals surface area contributed by atoms with Crippen LogP contribution in [0.1, 0.15) is 38.8 Å². The number of ether oxygens (including phenoxy) is 1. The Morgan fingerprint density at radius 3 is 3.00 bits per heavy atom. The number of morpholine rings is 1. The van der Waals surface area contributed by atoms with Gasteiger partial charge in [-0.05, 0) is 49.2 Å². The van der Waals surface area contributed by atoms with Crippen molar-refractivity contribution in [1.82, 2.24) is 20.4 Å². The molecule has 1 atom stereocenters. The van der Waals surface area contributed by atoms with Crippen LogP contribution < -0.4 is 5.32 Å². The van der Waals surface area contributed by atoms with Crippen molar-refractivity contribution in [1.29, 1.82) is 0 Å². The van der Waals surface area contributed by atoms with E-state index in [1.807, 2.05) is 55.1 Å². The van der Waals surface area contributed by atoms with Gasteiger partial charge in [0.15, 0.2) is 0 Å². The number of nitrogens with zero attached hydrogens (tertiary/aromatic N) is 2. The number of amides is 2. The topological polar surface area (TPSA) is 87.3 Å². The molecular weight excluding hydrogens is 368 g/mol. The number of hydrogen-bond donors (Lipinski definition) is 2. The van der Waals surface area contributed by atoms with Gasteiger partial charge in [-0.1, -0.05) is 12.1 Å². The number of aryl methyl sites for hydroxylation is 1. The van der Waals surface area contributed by atoms with Gasteiger partial charge < -0.3 is 15.0 Å². The molecular formula is C22H24N4O3. The molecule has 29 heavy (non-hydrogen) atoms. The Morgan fingerprint density at radius 2 is 2.17 bits per heavy atom. The van der Waals surface area contributed by atoms with E-state index >= 15 is 0 Å². The zero-order valence-corrected chi connectivity index (χ0v) is 16.6. The Bertz CT molecular complexity index is 1060. The minimum absolute atomic E-state index is 0.00817. The van der Waals surface area contributed by atoms with Crippen molar-refractivity contribution < 1.29 is 14.3 Å². The molecule has 2 amide bonds. The normalized spacial score (nSPS) is 16.8. The molecule has 150 valence electrons. The largest absolute Gasteiger partial charge is 0.375 e. The third-order valence-electron chi connectivity index (χ3n) is 5.09. The lowest BCUT2D eigenvalue weighted by molar-refractivity contribution is -0.0124. The van der Waals surface area contributed by atoms with E-state index in [1.54, 1.807) is 6.20 Å². The predicted octanol–water partition coefficient (Wildman–Crippen LogP) is 2.66. The van der Waals surface area contributed by atoms with Crippen LogP contribution in [0, 0.1) is 6.92 Å². The SMILES string of the molecule is Cc1cc(C(=O)NCc2cccc(C(=O)N3CCOC(C)C3)c2)c2[nH]ncc2c1. The molecule has 3 aromatic rings. The third-order valence-corrected chi connectivity index (χ3v) is 5.09. The first kappa shape index (κ1) is 19.1. The molecule has 1 aliphatic heterocycles. The Morgan fingerprint density at radius 1 is 1.31 bits per heavy atom. The fraction of sp³-hybridized carbons (Fsp3) is 0.318. The summed E-state index contributed by atoms with van der Waals surface area (Å²) < 4.78 is 5.51. The van der Waals surface area contributed by atoms with Crippen molar-refractivity contribution in [3.63, 3.8) is 0 Å². The molecule has 0 bridgehead atoms. The zero-order chi connectivity index (χ0) is 20.4. The number of aromatic nitrogens is 2. The number of aromatic amines is 1. The van der Waals surface area contributed by atoms with E-state index in [0.717, 1.165) is 22.0 Å². The average Bonchev–Trinajstić information content (AvgIpc) is 3.19. The number of benzene rings is 2. The first-order valence-corrected chi connectivity index (χ1v) is 9.73. The molecule has 7 nitrogen and oxygen atoms in total. The number of carbonyl (C=O) groups excluding carboxylic acids is 2. The van der Waals surface area contributed by atoms with Crippen LogP contribution in [0.25, 0.3) is 10.9 Å². The summed E-state index contributed by atoms with van der Waals surface area (Å²) in [5.74, 6) is -0.187. The number of H-pyrrole nitrogens is 1. The van der Waals surface area contributed by atoms with Crippen molar-refractivity contribution >= 4 is 22.7 Å². The molecule has 2 N–H and O–H groups in total. The molecule has 7 heteroatoms. The maximum Gasteiger partial charge on any atom is 0.254 e. The monoisotopic (exact) mass is 392 g/mol. The Balaban J connectivity index is 1.46. The molecule has 1 saturated heterocycles. The summed E-state index contributed by atoms with van der Waals surface area (Å²) in [6.45, 7) is 5.99. The van der Waals surface area contributed by atoms with Gasteiger partial charge in [-0.3, -0.25) is 14.7 Å². The van der Waals surface area contributed by atoms with E-state index in [9.17, 15) is 9.59 Å². The molecule has 0 spiro atoms. The first-order chi connectivity index (χ1) is 14.0. The first-order valence-electron chi connectivity index (χ1n) is 9.73. The lowest BCUT2D eigenvalue weighted by atomic mass is 10.1. The maximum atomic E-state index is 12.8. The Hall–Kier alpha value is -3.19. The summed E-state index contributed by atoms with van der Waals surface area (Å²) in [5, 5.41) is 10.8. The van der Waals surface area contributed by atoms with Crippen LogP contribution in [0.4, 0.5) is 0 Å². The number of hydrogen-bond acceptors (Lipinski definition) is 4. The van der Waals surface area contributed by atoms with Gasteiger partial charge in [0.2, 0.25) is 0 Å². The molecule has 1 aliphatic rings. The van der Waals surface area contributed by atoms with Gasteiger partial charge in [-0.2, -0.15) is 5.10 Å². The Labute approximate surface area is 169 Å². The van der Waals surface area contributed by atoms with E-state index < -0.39 is 0 Å². The number of nitrogens with one attached hydrogen (secondary N) is 2. The summed E-state index contributed by atoms with van der Waals surface area (Å²) in [4.78, 5) is 27.3. The third kappa shape index (κ3) is 4.14. The fourth-order valence-electron chi connectivity index (χ4n) is 3.66. The van der Waals surface area contributed by atoms with E-state index in [4.69, 9.17) is 4.74 Å². The van der Waals surface area contributed by atoms with Crippen LogP contribution in [-0.2, 0) is 11.3 Å². The number of rotatable bonds is 4. The highest BCUT2D eigenvalue weighted by Crippen LogP contribution is 2.19.